The highest BCUT2D eigenvalue weighted by Gasteiger charge is 2.39. The van der Waals surface area contributed by atoms with E-state index < -0.39 is 29.0 Å². The zero-order chi connectivity index (χ0) is 55.6. The SMILES string of the molecule is N#Cc1ccc(-c2ccc3c(c2)c2cc(-c4ccc(C#N)cc4)ccc2n3-c2cc(-c3ccc(C(F)(F)F)cc3C(F)(F)F)c(-n3c4ccc(-c5ccc(C#N)cc5)cc4c4cc(-c5ccc(C#N)cc5)ccc43)cc2C#N)cc1. The van der Waals surface area contributed by atoms with Crippen molar-refractivity contribution in [2.24, 2.45) is 0 Å². The molecule has 0 saturated heterocycles. The molecule has 12 rings (SSSR count). The van der Waals surface area contributed by atoms with Crippen molar-refractivity contribution < 1.29 is 26.3 Å². The fourth-order valence-electron chi connectivity index (χ4n) is 10.7. The third kappa shape index (κ3) is 8.57. The van der Waals surface area contributed by atoms with E-state index in [0.717, 1.165) is 50.6 Å². The molecule has 2 aromatic heterocycles. The third-order valence-corrected chi connectivity index (χ3v) is 14.6. The molecule has 10 aromatic carbocycles. The number of hydrogen-bond donors (Lipinski definition) is 0. The van der Waals surface area contributed by atoms with Gasteiger partial charge in [0.1, 0.15) is 6.07 Å². The Kier molecular flexibility index (Phi) is 11.9. The normalized spacial score (nSPS) is 11.6. The Morgan fingerprint density at radius 3 is 0.912 bits per heavy atom. The van der Waals surface area contributed by atoms with Crippen molar-refractivity contribution in [3.05, 3.63) is 239 Å². The van der Waals surface area contributed by atoms with Crippen LogP contribution < -0.4 is 0 Å². The van der Waals surface area contributed by atoms with Gasteiger partial charge in [0, 0.05) is 27.1 Å². The maximum atomic E-state index is 15.7. The fraction of sp³-hybridized carbons (Fsp3) is 0.0299. The van der Waals surface area contributed by atoms with E-state index >= 15 is 13.2 Å². The second-order valence-corrected chi connectivity index (χ2v) is 19.1. The van der Waals surface area contributed by atoms with Crippen molar-refractivity contribution in [2.45, 2.75) is 12.4 Å². The monoisotopic (exact) mass is 1050 g/mol. The molecule has 0 amide bonds. The summed E-state index contributed by atoms with van der Waals surface area (Å²) in [5, 5.41) is 52.2. The van der Waals surface area contributed by atoms with Crippen molar-refractivity contribution in [1.82, 2.24) is 9.13 Å². The van der Waals surface area contributed by atoms with Crippen molar-refractivity contribution in [2.75, 3.05) is 0 Å². The molecule has 378 valence electrons. The molecule has 0 bridgehead atoms. The average Bonchev–Trinajstić information content (AvgIpc) is 4.13. The van der Waals surface area contributed by atoms with Gasteiger partial charge in [-0.2, -0.15) is 52.7 Å². The van der Waals surface area contributed by atoms with Gasteiger partial charge < -0.3 is 9.13 Å². The number of hydrogen-bond acceptors (Lipinski definition) is 5. The van der Waals surface area contributed by atoms with E-state index in [1.807, 2.05) is 84.9 Å². The summed E-state index contributed by atoms with van der Waals surface area (Å²) < 4.78 is 93.9. The van der Waals surface area contributed by atoms with E-state index in [-0.39, 0.29) is 28.6 Å². The van der Waals surface area contributed by atoms with Gasteiger partial charge in [-0.25, -0.2) is 0 Å². The van der Waals surface area contributed by atoms with Gasteiger partial charge in [-0.3, -0.25) is 0 Å². The Morgan fingerprint density at radius 1 is 0.287 bits per heavy atom. The van der Waals surface area contributed by atoms with Crippen molar-refractivity contribution in [3.8, 4) is 97.4 Å². The Morgan fingerprint density at radius 2 is 0.613 bits per heavy atom. The molecule has 7 nitrogen and oxygen atoms in total. The van der Waals surface area contributed by atoms with Crippen LogP contribution >= 0.6 is 0 Å². The largest absolute Gasteiger partial charge is 0.417 e. The van der Waals surface area contributed by atoms with Gasteiger partial charge in [0.2, 0.25) is 0 Å². The number of nitriles is 5. The molecule has 0 saturated carbocycles. The first-order valence-electron chi connectivity index (χ1n) is 24.7. The van der Waals surface area contributed by atoms with Gasteiger partial charge in [-0.05, 0) is 171 Å². The van der Waals surface area contributed by atoms with Gasteiger partial charge in [-0.15, -0.1) is 0 Å². The molecular weight excluding hydrogens is 1020 g/mol. The number of nitrogens with zero attached hydrogens (tertiary/aromatic N) is 7. The van der Waals surface area contributed by atoms with E-state index in [1.54, 1.807) is 94.1 Å². The van der Waals surface area contributed by atoms with Crippen LogP contribution in [-0.4, -0.2) is 9.13 Å². The third-order valence-electron chi connectivity index (χ3n) is 14.6. The Hall–Kier alpha value is -11.2. The molecule has 0 N–H and O–H groups in total. The van der Waals surface area contributed by atoms with E-state index in [2.05, 4.69) is 30.3 Å². The van der Waals surface area contributed by atoms with Crippen LogP contribution in [0.2, 0.25) is 0 Å². The molecule has 0 aliphatic rings. The van der Waals surface area contributed by atoms with Gasteiger partial charge in [0.05, 0.1) is 96.7 Å². The maximum absolute atomic E-state index is 15.7. The standard InChI is InChI=1S/C67H33F6N7/c68-66(69,70)52-21-22-53(59(32-52)67(71,72)73)58-33-64(79-60-23-17-47(43-9-1-39(34-74)2-10-43)27-54(60)55-28-48(18-24-61(55)79)44-11-3-40(35-75)4-12-44)51(38-78)31-65(58)80-62-25-19-49(45-13-5-41(36-76)6-14-45)29-56(62)57-30-50(20-26-63(57)80)46-15-7-42(37-77)8-16-46/h1-33H. The molecule has 0 unspecified atom stereocenters. The molecule has 0 aliphatic heterocycles. The lowest BCUT2D eigenvalue weighted by Gasteiger charge is -2.22. The molecule has 2 heterocycles. The summed E-state index contributed by atoms with van der Waals surface area (Å²) in [6.07, 6.45) is -10.4. The zero-order valence-electron chi connectivity index (χ0n) is 41.5. The summed E-state index contributed by atoms with van der Waals surface area (Å²) in [6, 6.07) is 65.8. The van der Waals surface area contributed by atoms with Crippen LogP contribution in [0.5, 0.6) is 0 Å². The molecule has 0 spiro atoms. The van der Waals surface area contributed by atoms with Crippen LogP contribution in [-0.2, 0) is 12.4 Å². The maximum Gasteiger partial charge on any atom is 0.417 e. The first kappa shape index (κ1) is 49.7. The summed E-state index contributed by atoms with van der Waals surface area (Å²) in [5.41, 5.74) is 6.57. The summed E-state index contributed by atoms with van der Waals surface area (Å²) in [7, 11) is 0. The van der Waals surface area contributed by atoms with Crippen LogP contribution in [0.3, 0.4) is 0 Å². The highest BCUT2D eigenvalue weighted by Crippen LogP contribution is 2.47. The number of aromatic nitrogens is 2. The van der Waals surface area contributed by atoms with E-state index in [0.29, 0.717) is 71.9 Å². The van der Waals surface area contributed by atoms with E-state index in [4.69, 9.17) is 0 Å². The van der Waals surface area contributed by atoms with Crippen LogP contribution in [0.25, 0.3) is 111 Å². The Labute approximate surface area is 452 Å². The number of halogens is 6. The molecular formula is C67H33F6N7. The summed E-state index contributed by atoms with van der Waals surface area (Å²) in [5.74, 6) is 0. The minimum Gasteiger partial charge on any atom is -0.309 e. The number of fused-ring (bicyclic) bond motifs is 6. The topological polar surface area (TPSA) is 129 Å². The van der Waals surface area contributed by atoms with Crippen molar-refractivity contribution in [3.63, 3.8) is 0 Å². The van der Waals surface area contributed by atoms with Crippen LogP contribution in [0.4, 0.5) is 26.3 Å². The predicted octanol–water partition coefficient (Wildman–Crippen LogP) is 17.6. The average molecular weight is 1050 g/mol. The molecule has 0 fully saturated rings. The number of alkyl halides is 6. The van der Waals surface area contributed by atoms with Crippen LogP contribution in [0, 0.1) is 56.7 Å². The predicted molar refractivity (Wildman–Crippen MR) is 296 cm³/mol. The minimum absolute atomic E-state index is 0.0220. The first-order valence-corrected chi connectivity index (χ1v) is 24.7. The van der Waals surface area contributed by atoms with Gasteiger partial charge in [0.15, 0.2) is 0 Å². The lowest BCUT2D eigenvalue weighted by atomic mass is 9.93. The Balaban J connectivity index is 1.18. The number of rotatable bonds is 7. The van der Waals surface area contributed by atoms with Crippen molar-refractivity contribution >= 4 is 43.6 Å². The summed E-state index contributed by atoms with van der Waals surface area (Å²) in [4.78, 5) is 0. The lowest BCUT2D eigenvalue weighted by molar-refractivity contribution is -0.142. The second kappa shape index (κ2) is 19.1. The van der Waals surface area contributed by atoms with Crippen LogP contribution in [0.15, 0.2) is 200 Å². The minimum atomic E-state index is -5.30. The molecule has 80 heavy (non-hydrogen) atoms. The number of benzene rings is 10. The van der Waals surface area contributed by atoms with Gasteiger partial charge in [0.25, 0.3) is 0 Å². The van der Waals surface area contributed by atoms with Crippen molar-refractivity contribution in [1.29, 1.82) is 26.3 Å². The van der Waals surface area contributed by atoms with Crippen LogP contribution in [0.1, 0.15) is 38.9 Å². The summed E-state index contributed by atoms with van der Waals surface area (Å²) >= 11 is 0. The first-order chi connectivity index (χ1) is 38.7. The van der Waals surface area contributed by atoms with E-state index in [9.17, 15) is 39.5 Å². The molecule has 13 heteroatoms. The molecule has 0 atom stereocenters. The molecule has 12 aromatic rings. The highest BCUT2D eigenvalue weighted by atomic mass is 19.4. The van der Waals surface area contributed by atoms with Gasteiger partial charge in [-0.1, -0.05) is 78.9 Å². The second-order valence-electron chi connectivity index (χ2n) is 19.1. The quantitative estimate of drug-likeness (QED) is 0.147. The van der Waals surface area contributed by atoms with Gasteiger partial charge >= 0.3 is 12.4 Å². The molecule has 0 radical (unpaired) electrons. The molecule has 0 aliphatic carbocycles. The smallest absolute Gasteiger partial charge is 0.309 e. The van der Waals surface area contributed by atoms with E-state index in [1.165, 1.54) is 12.1 Å². The summed E-state index contributed by atoms with van der Waals surface area (Å²) in [6.45, 7) is 0. The fourth-order valence-corrected chi connectivity index (χ4v) is 10.7. The highest BCUT2D eigenvalue weighted by molar-refractivity contribution is 6.14. The Bertz CT molecular complexity index is 4530. The zero-order valence-corrected chi connectivity index (χ0v) is 41.5. The lowest BCUT2D eigenvalue weighted by Crippen LogP contribution is -2.13.